The average molecular weight is 457 g/mol. The van der Waals surface area contributed by atoms with Crippen LogP contribution in [0.15, 0.2) is 64.9 Å². The lowest BCUT2D eigenvalue weighted by molar-refractivity contribution is 0.0657. The normalized spacial score (nSPS) is 15.9. The molecule has 6 nitrogen and oxygen atoms in total. The number of ether oxygens (including phenoxy) is 1. The van der Waals surface area contributed by atoms with Crippen LogP contribution in [0, 0.1) is 0 Å². The van der Waals surface area contributed by atoms with E-state index >= 15 is 0 Å². The van der Waals surface area contributed by atoms with Gasteiger partial charge in [0.05, 0.1) is 23.7 Å². The standard InChI is InChI=1S/C23H24N2O4S2/c1-3-20-18-12-14-30-22(18)11-13-25(20)23(26)16-7-6-8-17(15-16)31(27,28)24-19-9-4-5-10-21(19)29-2/h4-10,12,14-15,20,24H,3,11,13H2,1-2H3/t20-/m1/s1. The van der Waals surface area contributed by atoms with Crippen LogP contribution in [-0.2, 0) is 16.4 Å². The first-order valence-electron chi connectivity index (χ1n) is 10.1. The summed E-state index contributed by atoms with van der Waals surface area (Å²) < 4.78 is 33.7. The van der Waals surface area contributed by atoms with Gasteiger partial charge in [0.15, 0.2) is 0 Å². The molecule has 2 aromatic carbocycles. The van der Waals surface area contributed by atoms with E-state index in [2.05, 4.69) is 23.1 Å². The molecule has 8 heteroatoms. The topological polar surface area (TPSA) is 75.7 Å². The second kappa shape index (κ2) is 8.72. The van der Waals surface area contributed by atoms with E-state index in [0.29, 0.717) is 23.5 Å². The van der Waals surface area contributed by atoms with Crippen LogP contribution in [0.25, 0.3) is 0 Å². The molecule has 0 spiro atoms. The van der Waals surface area contributed by atoms with Crippen molar-refractivity contribution >= 4 is 33.0 Å². The maximum atomic E-state index is 13.3. The van der Waals surface area contributed by atoms with E-state index in [1.807, 2.05) is 4.90 Å². The van der Waals surface area contributed by atoms with Crippen LogP contribution >= 0.6 is 11.3 Å². The van der Waals surface area contributed by atoms with Crippen molar-refractivity contribution in [3.05, 3.63) is 76.0 Å². The Hall–Kier alpha value is -2.84. The minimum Gasteiger partial charge on any atom is -0.495 e. The quantitative estimate of drug-likeness (QED) is 0.583. The molecule has 1 amide bonds. The molecule has 1 aromatic heterocycles. The molecule has 2 heterocycles. The van der Waals surface area contributed by atoms with Gasteiger partial charge in [-0.1, -0.05) is 25.1 Å². The summed E-state index contributed by atoms with van der Waals surface area (Å²) in [5.41, 5.74) is 1.91. The molecule has 0 fully saturated rings. The molecule has 0 bridgehead atoms. The van der Waals surface area contributed by atoms with Crippen molar-refractivity contribution in [1.82, 2.24) is 4.90 Å². The van der Waals surface area contributed by atoms with Gasteiger partial charge in [0.1, 0.15) is 5.75 Å². The fraction of sp³-hybridized carbons (Fsp3) is 0.261. The molecule has 1 N–H and O–H groups in total. The van der Waals surface area contributed by atoms with Crippen molar-refractivity contribution in [2.24, 2.45) is 0 Å². The Balaban J connectivity index is 1.61. The SMILES string of the molecule is CC[C@@H]1c2ccsc2CCN1C(=O)c1cccc(S(=O)(=O)Nc2ccccc2OC)c1. The van der Waals surface area contributed by atoms with Crippen molar-refractivity contribution in [2.45, 2.75) is 30.7 Å². The number of benzene rings is 2. The molecule has 0 radical (unpaired) electrons. The molecule has 1 atom stereocenters. The number of hydrogen-bond donors (Lipinski definition) is 1. The molecule has 0 saturated carbocycles. The van der Waals surface area contributed by atoms with E-state index in [9.17, 15) is 13.2 Å². The number of methoxy groups -OCH3 is 1. The van der Waals surface area contributed by atoms with Crippen LogP contribution < -0.4 is 9.46 Å². The molecule has 31 heavy (non-hydrogen) atoms. The average Bonchev–Trinajstić information content (AvgIpc) is 3.27. The maximum absolute atomic E-state index is 13.3. The molecule has 1 aliphatic heterocycles. The number of para-hydroxylation sites is 2. The summed E-state index contributed by atoms with van der Waals surface area (Å²) >= 11 is 1.73. The summed E-state index contributed by atoms with van der Waals surface area (Å²) in [4.78, 5) is 16.5. The van der Waals surface area contributed by atoms with Crippen molar-refractivity contribution in [3.8, 4) is 5.75 Å². The largest absolute Gasteiger partial charge is 0.495 e. The number of thiophene rings is 1. The smallest absolute Gasteiger partial charge is 0.262 e. The minimum absolute atomic E-state index is 0.00877. The molecular weight excluding hydrogens is 432 g/mol. The van der Waals surface area contributed by atoms with E-state index < -0.39 is 10.0 Å². The van der Waals surface area contributed by atoms with E-state index in [1.54, 1.807) is 47.7 Å². The second-order valence-electron chi connectivity index (χ2n) is 7.31. The summed E-state index contributed by atoms with van der Waals surface area (Å²) in [7, 11) is -2.41. The lowest BCUT2D eigenvalue weighted by Gasteiger charge is -2.35. The zero-order valence-electron chi connectivity index (χ0n) is 17.4. The van der Waals surface area contributed by atoms with E-state index in [-0.39, 0.29) is 16.8 Å². The van der Waals surface area contributed by atoms with Crippen LogP contribution in [-0.4, -0.2) is 32.9 Å². The minimum atomic E-state index is -3.89. The molecular formula is C23H24N2O4S2. The van der Waals surface area contributed by atoms with Crippen LogP contribution in [0.5, 0.6) is 5.75 Å². The summed E-state index contributed by atoms with van der Waals surface area (Å²) in [6, 6.07) is 15.1. The number of hydrogen-bond acceptors (Lipinski definition) is 5. The molecule has 0 saturated heterocycles. The molecule has 4 rings (SSSR count). The highest BCUT2D eigenvalue weighted by atomic mass is 32.2. The Morgan fingerprint density at radius 1 is 1.19 bits per heavy atom. The van der Waals surface area contributed by atoms with Crippen LogP contribution in [0.4, 0.5) is 5.69 Å². The molecule has 162 valence electrons. The third-order valence-corrected chi connectivity index (χ3v) is 7.84. The molecule has 0 aliphatic carbocycles. The Bertz CT molecular complexity index is 1200. The first kappa shape index (κ1) is 21.4. The monoisotopic (exact) mass is 456 g/mol. The van der Waals surface area contributed by atoms with Gasteiger partial charge in [0, 0.05) is 17.0 Å². The van der Waals surface area contributed by atoms with Crippen molar-refractivity contribution < 1.29 is 17.9 Å². The van der Waals surface area contributed by atoms with E-state index in [1.165, 1.54) is 29.7 Å². The van der Waals surface area contributed by atoms with Gasteiger partial charge in [-0.05, 0) is 60.2 Å². The Labute approximate surface area is 186 Å². The van der Waals surface area contributed by atoms with Crippen LogP contribution in [0.1, 0.15) is 40.2 Å². The van der Waals surface area contributed by atoms with Crippen molar-refractivity contribution in [1.29, 1.82) is 0 Å². The predicted octanol–water partition coefficient (Wildman–Crippen LogP) is 4.71. The maximum Gasteiger partial charge on any atom is 0.262 e. The van der Waals surface area contributed by atoms with Gasteiger partial charge in [0.25, 0.3) is 15.9 Å². The van der Waals surface area contributed by atoms with Gasteiger partial charge in [0.2, 0.25) is 0 Å². The Morgan fingerprint density at radius 2 is 2.00 bits per heavy atom. The molecule has 3 aromatic rings. The number of fused-ring (bicyclic) bond motifs is 1. The molecule has 0 unspecified atom stereocenters. The lowest BCUT2D eigenvalue weighted by atomic mass is 9.97. The van der Waals surface area contributed by atoms with Crippen molar-refractivity contribution in [3.63, 3.8) is 0 Å². The predicted molar refractivity (Wildman–Crippen MR) is 122 cm³/mol. The first-order valence-corrected chi connectivity index (χ1v) is 12.4. The van der Waals surface area contributed by atoms with Crippen molar-refractivity contribution in [2.75, 3.05) is 18.4 Å². The highest BCUT2D eigenvalue weighted by molar-refractivity contribution is 7.92. The summed E-state index contributed by atoms with van der Waals surface area (Å²) in [6.07, 6.45) is 1.63. The van der Waals surface area contributed by atoms with Gasteiger partial charge in [-0.3, -0.25) is 9.52 Å². The number of anilines is 1. The zero-order valence-corrected chi connectivity index (χ0v) is 19.0. The third kappa shape index (κ3) is 4.18. The number of nitrogens with zero attached hydrogens (tertiary/aromatic N) is 1. The summed E-state index contributed by atoms with van der Waals surface area (Å²) in [6.45, 7) is 2.69. The summed E-state index contributed by atoms with van der Waals surface area (Å²) in [5.74, 6) is 0.266. The Morgan fingerprint density at radius 3 is 2.77 bits per heavy atom. The van der Waals surface area contributed by atoms with Gasteiger partial charge >= 0.3 is 0 Å². The zero-order chi connectivity index (χ0) is 22.0. The number of sulfonamides is 1. The number of carbonyl (C=O) groups excluding carboxylic acids is 1. The number of rotatable bonds is 6. The molecule has 1 aliphatic rings. The lowest BCUT2D eigenvalue weighted by Crippen LogP contribution is -2.39. The van der Waals surface area contributed by atoms with Gasteiger partial charge < -0.3 is 9.64 Å². The third-order valence-electron chi connectivity index (χ3n) is 5.49. The summed E-state index contributed by atoms with van der Waals surface area (Å²) in [5, 5.41) is 2.07. The number of amides is 1. The number of nitrogens with one attached hydrogen (secondary N) is 1. The van der Waals surface area contributed by atoms with Gasteiger partial charge in [-0.25, -0.2) is 8.42 Å². The number of carbonyl (C=O) groups is 1. The fourth-order valence-electron chi connectivity index (χ4n) is 3.97. The fourth-order valence-corrected chi connectivity index (χ4v) is 6.02. The van der Waals surface area contributed by atoms with Gasteiger partial charge in [-0.2, -0.15) is 0 Å². The van der Waals surface area contributed by atoms with Crippen LogP contribution in [0.2, 0.25) is 0 Å². The van der Waals surface area contributed by atoms with E-state index in [4.69, 9.17) is 4.74 Å². The highest BCUT2D eigenvalue weighted by Gasteiger charge is 2.31. The first-order chi connectivity index (χ1) is 14.9. The van der Waals surface area contributed by atoms with Gasteiger partial charge in [-0.15, -0.1) is 11.3 Å². The van der Waals surface area contributed by atoms with E-state index in [0.717, 1.165) is 12.8 Å². The highest BCUT2D eigenvalue weighted by Crippen LogP contribution is 2.36. The second-order valence-corrected chi connectivity index (χ2v) is 9.99. The van der Waals surface area contributed by atoms with Crippen LogP contribution in [0.3, 0.4) is 0 Å². The Kier molecular flexibility index (Phi) is 6.02.